The third kappa shape index (κ3) is 4.99. The summed E-state index contributed by atoms with van der Waals surface area (Å²) in [5.74, 6) is 2.56. The maximum Gasteiger partial charge on any atom is 0.218 e. The van der Waals surface area contributed by atoms with Crippen LogP contribution in [0.2, 0.25) is 0 Å². The third-order valence-electron chi connectivity index (χ3n) is 2.01. The predicted molar refractivity (Wildman–Crippen MR) is 67.2 cm³/mol. The predicted octanol–water partition coefficient (Wildman–Crippen LogP) is 2.09. The summed E-state index contributed by atoms with van der Waals surface area (Å²) in [4.78, 5) is 8.59. The van der Waals surface area contributed by atoms with E-state index in [-0.39, 0.29) is 0 Å². The number of methoxy groups -OCH3 is 1. The molecule has 0 spiro atoms. The topological polar surface area (TPSA) is 56.3 Å². The first-order chi connectivity index (χ1) is 8.15. The van der Waals surface area contributed by atoms with Crippen molar-refractivity contribution in [3.63, 3.8) is 0 Å². The summed E-state index contributed by atoms with van der Waals surface area (Å²) in [7, 11) is 1.62. The Morgan fingerprint density at radius 2 is 2.12 bits per heavy atom. The SMILES string of the molecule is CCOc1cc(NCC(C)C)nc(COC)n1. The van der Waals surface area contributed by atoms with Crippen molar-refractivity contribution in [2.24, 2.45) is 5.92 Å². The van der Waals surface area contributed by atoms with Gasteiger partial charge in [0.05, 0.1) is 6.61 Å². The molecule has 0 aliphatic heterocycles. The fourth-order valence-electron chi connectivity index (χ4n) is 1.29. The molecule has 1 aromatic rings. The van der Waals surface area contributed by atoms with Crippen LogP contribution in [0.1, 0.15) is 26.6 Å². The van der Waals surface area contributed by atoms with Gasteiger partial charge < -0.3 is 14.8 Å². The average molecular weight is 239 g/mol. The summed E-state index contributed by atoms with van der Waals surface area (Å²) in [5.41, 5.74) is 0. The summed E-state index contributed by atoms with van der Waals surface area (Å²) < 4.78 is 10.4. The van der Waals surface area contributed by atoms with Crippen molar-refractivity contribution in [1.29, 1.82) is 0 Å². The first-order valence-electron chi connectivity index (χ1n) is 5.89. The molecule has 5 nitrogen and oxygen atoms in total. The molecule has 96 valence electrons. The van der Waals surface area contributed by atoms with E-state index in [1.165, 1.54) is 0 Å². The molecule has 0 fully saturated rings. The van der Waals surface area contributed by atoms with Crippen molar-refractivity contribution in [3.05, 3.63) is 11.9 Å². The maximum atomic E-state index is 5.39. The van der Waals surface area contributed by atoms with Gasteiger partial charge in [0.2, 0.25) is 5.88 Å². The molecular formula is C12H21N3O2. The lowest BCUT2D eigenvalue weighted by Crippen LogP contribution is -2.11. The lowest BCUT2D eigenvalue weighted by atomic mass is 10.2. The molecule has 0 aliphatic carbocycles. The lowest BCUT2D eigenvalue weighted by molar-refractivity contribution is 0.176. The normalized spacial score (nSPS) is 10.6. The molecule has 0 saturated carbocycles. The van der Waals surface area contributed by atoms with E-state index in [0.29, 0.717) is 30.8 Å². The number of nitrogens with one attached hydrogen (secondary N) is 1. The number of hydrogen-bond donors (Lipinski definition) is 1. The third-order valence-corrected chi connectivity index (χ3v) is 2.01. The van der Waals surface area contributed by atoms with Crippen molar-refractivity contribution in [2.75, 3.05) is 25.6 Å². The van der Waals surface area contributed by atoms with Crippen LogP contribution in [0, 0.1) is 5.92 Å². The zero-order chi connectivity index (χ0) is 12.7. The molecule has 1 heterocycles. The first kappa shape index (κ1) is 13.7. The molecule has 0 atom stereocenters. The monoisotopic (exact) mass is 239 g/mol. The highest BCUT2D eigenvalue weighted by Crippen LogP contribution is 2.14. The van der Waals surface area contributed by atoms with Crippen LogP contribution in [-0.2, 0) is 11.3 Å². The number of anilines is 1. The quantitative estimate of drug-likeness (QED) is 0.789. The Morgan fingerprint density at radius 1 is 1.35 bits per heavy atom. The minimum absolute atomic E-state index is 0.386. The van der Waals surface area contributed by atoms with Crippen LogP contribution in [-0.4, -0.2) is 30.2 Å². The van der Waals surface area contributed by atoms with Gasteiger partial charge in [-0.1, -0.05) is 13.8 Å². The largest absolute Gasteiger partial charge is 0.478 e. The van der Waals surface area contributed by atoms with Gasteiger partial charge in [0.15, 0.2) is 5.82 Å². The first-order valence-corrected chi connectivity index (χ1v) is 5.89. The minimum Gasteiger partial charge on any atom is -0.478 e. The average Bonchev–Trinajstić information content (AvgIpc) is 2.27. The molecule has 1 rings (SSSR count). The van der Waals surface area contributed by atoms with Crippen LogP contribution in [0.5, 0.6) is 5.88 Å². The summed E-state index contributed by atoms with van der Waals surface area (Å²) in [6.07, 6.45) is 0. The highest BCUT2D eigenvalue weighted by molar-refractivity contribution is 5.38. The van der Waals surface area contributed by atoms with Crippen molar-refractivity contribution in [1.82, 2.24) is 9.97 Å². The second-order valence-electron chi connectivity index (χ2n) is 4.15. The molecule has 0 radical (unpaired) electrons. The van der Waals surface area contributed by atoms with Crippen LogP contribution < -0.4 is 10.1 Å². The second-order valence-corrected chi connectivity index (χ2v) is 4.15. The molecular weight excluding hydrogens is 218 g/mol. The van der Waals surface area contributed by atoms with E-state index in [4.69, 9.17) is 9.47 Å². The zero-order valence-electron chi connectivity index (χ0n) is 11.0. The van der Waals surface area contributed by atoms with Gasteiger partial charge in [-0.25, -0.2) is 4.98 Å². The van der Waals surface area contributed by atoms with Gasteiger partial charge in [-0.05, 0) is 12.8 Å². The molecule has 0 amide bonds. The highest BCUT2D eigenvalue weighted by atomic mass is 16.5. The number of hydrogen-bond acceptors (Lipinski definition) is 5. The summed E-state index contributed by atoms with van der Waals surface area (Å²) in [5, 5.41) is 3.26. The number of rotatable bonds is 7. The van der Waals surface area contributed by atoms with E-state index in [9.17, 15) is 0 Å². The molecule has 0 unspecified atom stereocenters. The number of aromatic nitrogens is 2. The Bertz CT molecular complexity index is 318. The molecule has 0 aliphatic rings. The fourth-order valence-corrected chi connectivity index (χ4v) is 1.29. The van der Waals surface area contributed by atoms with E-state index in [0.717, 1.165) is 12.4 Å². The Labute approximate surface area is 103 Å². The summed E-state index contributed by atoms with van der Waals surface area (Å²) in [6.45, 7) is 8.07. The van der Waals surface area contributed by atoms with Gasteiger partial charge in [0.1, 0.15) is 12.4 Å². The Hall–Kier alpha value is -1.36. The summed E-state index contributed by atoms with van der Waals surface area (Å²) >= 11 is 0. The van der Waals surface area contributed by atoms with Crippen LogP contribution >= 0.6 is 0 Å². The molecule has 1 aromatic heterocycles. The van der Waals surface area contributed by atoms with Crippen molar-refractivity contribution >= 4 is 5.82 Å². The van der Waals surface area contributed by atoms with E-state index < -0.39 is 0 Å². The standard InChI is InChI=1S/C12H21N3O2/c1-5-17-12-6-10(13-7-9(2)3)14-11(15-12)8-16-4/h6,9H,5,7-8H2,1-4H3,(H,13,14,15). The van der Waals surface area contributed by atoms with Crippen molar-refractivity contribution < 1.29 is 9.47 Å². The van der Waals surface area contributed by atoms with Gasteiger partial charge >= 0.3 is 0 Å². The van der Waals surface area contributed by atoms with Gasteiger partial charge in [-0.15, -0.1) is 0 Å². The Kier molecular flexibility index (Phi) is 5.69. The molecule has 17 heavy (non-hydrogen) atoms. The van der Waals surface area contributed by atoms with Crippen LogP contribution in [0.4, 0.5) is 5.82 Å². The van der Waals surface area contributed by atoms with Crippen molar-refractivity contribution in [2.45, 2.75) is 27.4 Å². The molecule has 1 N–H and O–H groups in total. The van der Waals surface area contributed by atoms with Gasteiger partial charge in [-0.2, -0.15) is 4.98 Å². The van der Waals surface area contributed by atoms with Crippen LogP contribution in [0.15, 0.2) is 6.07 Å². The molecule has 0 saturated heterocycles. The van der Waals surface area contributed by atoms with E-state index >= 15 is 0 Å². The highest BCUT2D eigenvalue weighted by Gasteiger charge is 2.05. The summed E-state index contributed by atoms with van der Waals surface area (Å²) in [6, 6.07) is 1.81. The van der Waals surface area contributed by atoms with E-state index in [2.05, 4.69) is 29.1 Å². The molecule has 5 heteroatoms. The van der Waals surface area contributed by atoms with Crippen LogP contribution in [0.25, 0.3) is 0 Å². The van der Waals surface area contributed by atoms with Crippen molar-refractivity contribution in [3.8, 4) is 5.88 Å². The second kappa shape index (κ2) is 7.06. The zero-order valence-corrected chi connectivity index (χ0v) is 11.0. The molecule has 0 aromatic carbocycles. The Balaban J connectivity index is 2.79. The van der Waals surface area contributed by atoms with Gasteiger partial charge in [0, 0.05) is 19.7 Å². The maximum absolute atomic E-state index is 5.39. The fraction of sp³-hybridized carbons (Fsp3) is 0.667. The molecule has 0 bridgehead atoms. The van der Waals surface area contributed by atoms with Gasteiger partial charge in [0.25, 0.3) is 0 Å². The van der Waals surface area contributed by atoms with E-state index in [1.807, 2.05) is 13.0 Å². The lowest BCUT2D eigenvalue weighted by Gasteiger charge is -2.11. The number of ether oxygens (including phenoxy) is 2. The minimum atomic E-state index is 0.386. The van der Waals surface area contributed by atoms with Gasteiger partial charge in [-0.3, -0.25) is 0 Å². The number of nitrogens with zero attached hydrogens (tertiary/aromatic N) is 2. The Morgan fingerprint density at radius 3 is 2.71 bits per heavy atom. The smallest absolute Gasteiger partial charge is 0.218 e. The van der Waals surface area contributed by atoms with E-state index in [1.54, 1.807) is 7.11 Å². The van der Waals surface area contributed by atoms with Crippen LogP contribution in [0.3, 0.4) is 0 Å².